The topological polar surface area (TPSA) is 95.9 Å². The normalized spacial score (nSPS) is 19.6. The predicted molar refractivity (Wildman–Crippen MR) is 154 cm³/mol. The molecule has 8 heteroatoms. The van der Waals surface area contributed by atoms with Crippen molar-refractivity contribution in [3.63, 3.8) is 0 Å². The van der Waals surface area contributed by atoms with Gasteiger partial charge in [-0.15, -0.1) is 0 Å². The number of anilines is 1. The Morgan fingerprint density at radius 1 is 0.923 bits per heavy atom. The van der Waals surface area contributed by atoms with Crippen LogP contribution in [0.3, 0.4) is 0 Å². The summed E-state index contributed by atoms with van der Waals surface area (Å²) < 4.78 is 0. The first-order chi connectivity index (χ1) is 18.8. The molecule has 0 bridgehead atoms. The SMILES string of the molecule is CC(=O)c1ccc(N=C2SC(CC(=O)Nc3ccc(C(C)=O)cc3)C(=O)N2C2CCCc3ccccc32)cc1. The molecule has 0 aromatic heterocycles. The van der Waals surface area contributed by atoms with Crippen molar-refractivity contribution in [1.29, 1.82) is 0 Å². The number of nitrogens with zero attached hydrogens (tertiary/aromatic N) is 2. The summed E-state index contributed by atoms with van der Waals surface area (Å²) in [5, 5.41) is 2.78. The van der Waals surface area contributed by atoms with E-state index in [1.807, 2.05) is 12.1 Å². The molecule has 3 aromatic carbocycles. The highest BCUT2D eigenvalue weighted by Crippen LogP contribution is 2.42. The Labute approximate surface area is 231 Å². The molecule has 1 aliphatic carbocycles. The van der Waals surface area contributed by atoms with E-state index in [4.69, 9.17) is 4.99 Å². The van der Waals surface area contributed by atoms with E-state index in [1.165, 1.54) is 31.2 Å². The van der Waals surface area contributed by atoms with E-state index >= 15 is 0 Å². The maximum absolute atomic E-state index is 13.8. The van der Waals surface area contributed by atoms with Gasteiger partial charge in [0, 0.05) is 23.2 Å². The number of fused-ring (bicyclic) bond motifs is 1. The number of aryl methyl sites for hydroxylation is 1. The highest BCUT2D eigenvalue weighted by Gasteiger charge is 2.44. The van der Waals surface area contributed by atoms with Crippen molar-refractivity contribution >= 4 is 51.7 Å². The third kappa shape index (κ3) is 5.86. The summed E-state index contributed by atoms with van der Waals surface area (Å²) in [5.41, 5.74) is 4.71. The minimum Gasteiger partial charge on any atom is -0.326 e. The van der Waals surface area contributed by atoms with Gasteiger partial charge in [-0.2, -0.15) is 0 Å². The minimum atomic E-state index is -0.620. The lowest BCUT2D eigenvalue weighted by atomic mass is 9.87. The molecule has 2 amide bonds. The molecule has 1 fully saturated rings. The molecule has 0 radical (unpaired) electrons. The highest BCUT2D eigenvalue weighted by atomic mass is 32.2. The first-order valence-corrected chi connectivity index (χ1v) is 13.9. The molecule has 2 atom stereocenters. The number of rotatable bonds is 7. The van der Waals surface area contributed by atoms with Crippen LogP contribution in [-0.2, 0) is 16.0 Å². The number of benzene rings is 3. The molecule has 5 rings (SSSR count). The van der Waals surface area contributed by atoms with Crippen molar-refractivity contribution in [3.05, 3.63) is 95.1 Å². The predicted octanol–water partition coefficient (Wildman–Crippen LogP) is 6.13. The average molecular weight is 540 g/mol. The van der Waals surface area contributed by atoms with Crippen LogP contribution in [0.2, 0.25) is 0 Å². The van der Waals surface area contributed by atoms with Gasteiger partial charge in [0.2, 0.25) is 11.8 Å². The molecule has 1 heterocycles. The molecule has 39 heavy (non-hydrogen) atoms. The Morgan fingerprint density at radius 3 is 2.23 bits per heavy atom. The van der Waals surface area contributed by atoms with Crippen LogP contribution in [0.5, 0.6) is 0 Å². The molecule has 198 valence electrons. The number of aliphatic imine (C=N–C) groups is 1. The van der Waals surface area contributed by atoms with Gasteiger partial charge in [0.25, 0.3) is 0 Å². The van der Waals surface area contributed by atoms with Crippen molar-refractivity contribution in [3.8, 4) is 0 Å². The van der Waals surface area contributed by atoms with Gasteiger partial charge >= 0.3 is 0 Å². The maximum atomic E-state index is 13.8. The van der Waals surface area contributed by atoms with Gasteiger partial charge in [-0.25, -0.2) is 4.99 Å². The highest BCUT2D eigenvalue weighted by molar-refractivity contribution is 8.15. The molecule has 1 aliphatic heterocycles. The lowest BCUT2D eigenvalue weighted by Gasteiger charge is -2.33. The summed E-state index contributed by atoms with van der Waals surface area (Å²) in [7, 11) is 0. The first-order valence-electron chi connectivity index (χ1n) is 13.0. The fraction of sp³-hybridized carbons (Fsp3) is 0.258. The number of hydrogen-bond acceptors (Lipinski definition) is 6. The van der Waals surface area contributed by atoms with Crippen LogP contribution in [0.15, 0.2) is 77.8 Å². The number of carbonyl (C=O) groups is 4. The summed E-state index contributed by atoms with van der Waals surface area (Å²) in [6.07, 6.45) is 2.73. The van der Waals surface area contributed by atoms with E-state index in [0.717, 1.165) is 24.8 Å². The monoisotopic (exact) mass is 539 g/mol. The lowest BCUT2D eigenvalue weighted by Crippen LogP contribution is -2.38. The number of amidine groups is 1. The second-order valence-electron chi connectivity index (χ2n) is 9.80. The van der Waals surface area contributed by atoms with Crippen molar-refractivity contribution in [2.24, 2.45) is 4.99 Å². The first kappa shape index (κ1) is 26.6. The number of amides is 2. The standard InChI is InChI=1S/C31H29N3O4S/c1-19(35)21-10-14-24(15-11-21)32-29(37)18-28-30(38)34(27-9-5-7-23-6-3-4-8-26(23)27)31(39-28)33-25-16-12-22(13-17-25)20(2)36/h3-4,6,8,10-17,27-28H,5,7,9,18H2,1-2H3,(H,32,37). The minimum absolute atomic E-state index is 0.00881. The van der Waals surface area contributed by atoms with E-state index in [9.17, 15) is 19.2 Å². The summed E-state index contributed by atoms with van der Waals surface area (Å²) in [5.74, 6) is -0.495. The Hall–Kier alpha value is -4.04. The van der Waals surface area contributed by atoms with E-state index in [-0.39, 0.29) is 35.8 Å². The maximum Gasteiger partial charge on any atom is 0.243 e. The Balaban J connectivity index is 1.41. The van der Waals surface area contributed by atoms with Crippen LogP contribution < -0.4 is 5.32 Å². The van der Waals surface area contributed by atoms with Crippen LogP contribution in [0, 0.1) is 0 Å². The van der Waals surface area contributed by atoms with Crippen molar-refractivity contribution in [2.75, 3.05) is 5.32 Å². The number of ketones is 2. The molecule has 2 aliphatic rings. The third-order valence-corrected chi connectivity index (χ3v) is 8.21. The fourth-order valence-corrected chi connectivity index (χ4v) is 6.22. The number of carbonyl (C=O) groups excluding carboxylic acids is 4. The Kier molecular flexibility index (Phi) is 7.74. The molecule has 2 unspecified atom stereocenters. The van der Waals surface area contributed by atoms with Crippen LogP contribution in [0.25, 0.3) is 0 Å². The number of Topliss-reactive ketones (excluding diaryl/α,β-unsaturated/α-hetero) is 2. The van der Waals surface area contributed by atoms with E-state index in [2.05, 4.69) is 17.4 Å². The molecule has 0 saturated carbocycles. The smallest absolute Gasteiger partial charge is 0.243 e. The second kappa shape index (κ2) is 11.4. The van der Waals surface area contributed by atoms with E-state index in [1.54, 1.807) is 53.4 Å². The van der Waals surface area contributed by atoms with Crippen molar-refractivity contribution < 1.29 is 19.2 Å². The molecule has 0 spiro atoms. The zero-order valence-corrected chi connectivity index (χ0v) is 22.7. The fourth-order valence-electron chi connectivity index (χ4n) is 5.03. The van der Waals surface area contributed by atoms with Crippen LogP contribution >= 0.6 is 11.8 Å². The average Bonchev–Trinajstić information content (AvgIpc) is 3.22. The summed E-state index contributed by atoms with van der Waals surface area (Å²) in [4.78, 5) is 56.6. The van der Waals surface area contributed by atoms with Crippen molar-refractivity contribution in [1.82, 2.24) is 4.90 Å². The van der Waals surface area contributed by atoms with Gasteiger partial charge in [-0.05, 0) is 92.8 Å². The van der Waals surface area contributed by atoms with E-state index < -0.39 is 5.25 Å². The number of thioether (sulfide) groups is 1. The molecule has 1 saturated heterocycles. The van der Waals surface area contributed by atoms with Crippen LogP contribution in [0.4, 0.5) is 11.4 Å². The summed E-state index contributed by atoms with van der Waals surface area (Å²) in [6, 6.07) is 21.7. The zero-order valence-electron chi connectivity index (χ0n) is 21.8. The van der Waals surface area contributed by atoms with Gasteiger partial charge in [0.15, 0.2) is 16.7 Å². The Bertz CT molecular complexity index is 1460. The van der Waals surface area contributed by atoms with Gasteiger partial charge in [-0.1, -0.05) is 36.0 Å². The van der Waals surface area contributed by atoms with E-state index in [0.29, 0.717) is 27.7 Å². The van der Waals surface area contributed by atoms with Gasteiger partial charge in [-0.3, -0.25) is 24.1 Å². The second-order valence-corrected chi connectivity index (χ2v) is 11.0. The zero-order chi connectivity index (χ0) is 27.5. The Morgan fingerprint density at radius 2 is 1.56 bits per heavy atom. The molecule has 3 aromatic rings. The third-order valence-electron chi connectivity index (χ3n) is 7.06. The lowest BCUT2D eigenvalue weighted by molar-refractivity contribution is -0.129. The van der Waals surface area contributed by atoms with Gasteiger partial charge in [0.1, 0.15) is 5.25 Å². The molecular weight excluding hydrogens is 510 g/mol. The van der Waals surface area contributed by atoms with Crippen molar-refractivity contribution in [2.45, 2.75) is 50.8 Å². The number of hydrogen-bond donors (Lipinski definition) is 1. The number of nitrogens with one attached hydrogen (secondary N) is 1. The van der Waals surface area contributed by atoms with Crippen LogP contribution in [0.1, 0.15) is 71.0 Å². The van der Waals surface area contributed by atoms with Gasteiger partial charge in [0.05, 0.1) is 11.7 Å². The van der Waals surface area contributed by atoms with Crippen LogP contribution in [-0.4, -0.2) is 38.7 Å². The van der Waals surface area contributed by atoms with Gasteiger partial charge < -0.3 is 5.32 Å². The summed E-state index contributed by atoms with van der Waals surface area (Å²) >= 11 is 1.30. The molecular formula is C31H29N3O4S. The molecule has 7 nitrogen and oxygen atoms in total. The largest absolute Gasteiger partial charge is 0.326 e. The summed E-state index contributed by atoms with van der Waals surface area (Å²) in [6.45, 7) is 3.01. The molecule has 1 N–H and O–H groups in total. The quantitative estimate of drug-likeness (QED) is 0.365.